The molecule has 0 radical (unpaired) electrons. The fraction of sp³-hybridized carbons (Fsp3) is 0.833. The number of aliphatic hydroxyl groups is 1. The van der Waals surface area contributed by atoms with Gasteiger partial charge in [0.1, 0.15) is 0 Å². The number of hydrogen-bond donors (Lipinski definition) is 3. The van der Waals surface area contributed by atoms with Gasteiger partial charge in [0.25, 0.3) is 11.8 Å². The second-order valence-electron chi connectivity index (χ2n) is 10.1. The van der Waals surface area contributed by atoms with Crippen molar-refractivity contribution in [2.45, 2.75) is 97.6 Å². The molecule has 6 heteroatoms. The highest BCUT2D eigenvalue weighted by atomic mass is 16.3. The standard InChI is InChI=1S/C24H45N3O3/c1-20(2)25-16-13-24(15-19-28,14-17-26-23(3,4)5)12-8-6-7-9-18-27-21(29)10-11-22(27)30/h10-11,20,25-26,28H,6-9,12-19H2,1-5H3. The summed E-state index contributed by atoms with van der Waals surface area (Å²) in [6.07, 6.45) is 10.8. The summed E-state index contributed by atoms with van der Waals surface area (Å²) in [6.45, 7) is 13.6. The Morgan fingerprint density at radius 1 is 0.900 bits per heavy atom. The van der Waals surface area contributed by atoms with Gasteiger partial charge in [-0.25, -0.2) is 0 Å². The Bertz CT molecular complexity index is 536. The van der Waals surface area contributed by atoms with Crippen LogP contribution in [0.5, 0.6) is 0 Å². The fourth-order valence-corrected chi connectivity index (χ4v) is 4.09. The van der Waals surface area contributed by atoms with Crippen molar-refractivity contribution in [1.29, 1.82) is 0 Å². The molecule has 1 aliphatic rings. The van der Waals surface area contributed by atoms with Crippen LogP contribution in [0, 0.1) is 5.41 Å². The Kier molecular flexibility index (Phi) is 11.8. The largest absolute Gasteiger partial charge is 0.396 e. The minimum atomic E-state index is -0.189. The molecule has 0 fully saturated rings. The average Bonchev–Trinajstić information content (AvgIpc) is 2.95. The number of nitrogens with one attached hydrogen (secondary N) is 2. The molecule has 0 aromatic carbocycles. The van der Waals surface area contributed by atoms with E-state index in [1.54, 1.807) is 0 Å². The predicted octanol–water partition coefficient (Wildman–Crippen LogP) is 3.40. The Morgan fingerprint density at radius 2 is 1.50 bits per heavy atom. The molecule has 0 spiro atoms. The summed E-state index contributed by atoms with van der Waals surface area (Å²) in [5.41, 5.74) is 0.236. The smallest absolute Gasteiger partial charge is 0.253 e. The van der Waals surface area contributed by atoms with Crippen LogP contribution in [0.2, 0.25) is 0 Å². The fourth-order valence-electron chi connectivity index (χ4n) is 4.09. The maximum atomic E-state index is 11.6. The van der Waals surface area contributed by atoms with Crippen molar-refractivity contribution in [2.75, 3.05) is 26.2 Å². The van der Waals surface area contributed by atoms with E-state index in [1.807, 2.05) is 0 Å². The maximum Gasteiger partial charge on any atom is 0.253 e. The normalized spacial score (nSPS) is 16.7. The molecule has 0 saturated carbocycles. The van der Waals surface area contributed by atoms with E-state index in [9.17, 15) is 14.7 Å². The van der Waals surface area contributed by atoms with Crippen molar-refractivity contribution in [3.05, 3.63) is 12.2 Å². The summed E-state index contributed by atoms with van der Waals surface area (Å²) in [4.78, 5) is 24.5. The molecular weight excluding hydrogens is 378 g/mol. The molecule has 2 amide bonds. The minimum absolute atomic E-state index is 0.0977. The monoisotopic (exact) mass is 423 g/mol. The van der Waals surface area contributed by atoms with E-state index in [1.165, 1.54) is 17.1 Å². The van der Waals surface area contributed by atoms with Crippen LogP contribution in [-0.4, -0.2) is 59.6 Å². The lowest BCUT2D eigenvalue weighted by atomic mass is 9.74. The summed E-state index contributed by atoms with van der Waals surface area (Å²) in [5.74, 6) is -0.378. The number of rotatable bonds is 16. The first-order valence-electron chi connectivity index (χ1n) is 11.7. The van der Waals surface area contributed by atoms with Crippen LogP contribution in [0.15, 0.2) is 12.2 Å². The minimum Gasteiger partial charge on any atom is -0.396 e. The number of nitrogens with zero attached hydrogens (tertiary/aromatic N) is 1. The lowest BCUT2D eigenvalue weighted by Gasteiger charge is -2.36. The third kappa shape index (κ3) is 10.7. The quantitative estimate of drug-likeness (QED) is 0.262. The molecule has 3 N–H and O–H groups in total. The number of imide groups is 1. The molecule has 0 aromatic heterocycles. The highest BCUT2D eigenvalue weighted by molar-refractivity contribution is 6.12. The van der Waals surface area contributed by atoms with Gasteiger partial charge in [-0.2, -0.15) is 0 Å². The number of amides is 2. The topological polar surface area (TPSA) is 81.7 Å². The van der Waals surface area contributed by atoms with E-state index in [0.717, 1.165) is 64.5 Å². The van der Waals surface area contributed by atoms with E-state index in [4.69, 9.17) is 0 Å². The van der Waals surface area contributed by atoms with Gasteiger partial charge >= 0.3 is 0 Å². The molecule has 0 aromatic rings. The van der Waals surface area contributed by atoms with Crippen molar-refractivity contribution >= 4 is 11.8 Å². The molecular formula is C24H45N3O3. The highest BCUT2D eigenvalue weighted by Crippen LogP contribution is 2.36. The third-order valence-electron chi connectivity index (χ3n) is 5.90. The lowest BCUT2D eigenvalue weighted by Crippen LogP contribution is -2.40. The predicted molar refractivity (Wildman–Crippen MR) is 123 cm³/mol. The SMILES string of the molecule is CC(C)NCCC(CCO)(CCCCCCN1C(=O)C=CC1=O)CCNC(C)(C)C. The Hall–Kier alpha value is -1.24. The molecule has 0 aliphatic carbocycles. The number of hydrogen-bond acceptors (Lipinski definition) is 5. The van der Waals surface area contributed by atoms with E-state index in [2.05, 4.69) is 45.3 Å². The van der Waals surface area contributed by atoms with Crippen molar-refractivity contribution in [3.63, 3.8) is 0 Å². The zero-order chi connectivity index (χ0) is 22.6. The Balaban J connectivity index is 2.48. The molecule has 1 atom stereocenters. The van der Waals surface area contributed by atoms with Crippen molar-refractivity contribution < 1.29 is 14.7 Å². The number of aliphatic hydroxyl groups excluding tert-OH is 1. The lowest BCUT2D eigenvalue weighted by molar-refractivity contribution is -0.136. The van der Waals surface area contributed by atoms with Gasteiger partial charge in [-0.1, -0.05) is 33.1 Å². The molecule has 174 valence electrons. The Morgan fingerprint density at radius 3 is 2.07 bits per heavy atom. The molecule has 0 bridgehead atoms. The highest BCUT2D eigenvalue weighted by Gasteiger charge is 2.29. The molecule has 0 saturated heterocycles. The van der Waals surface area contributed by atoms with Crippen molar-refractivity contribution in [3.8, 4) is 0 Å². The molecule has 6 nitrogen and oxygen atoms in total. The first kappa shape index (κ1) is 26.8. The van der Waals surface area contributed by atoms with E-state index in [-0.39, 0.29) is 29.4 Å². The summed E-state index contributed by atoms with van der Waals surface area (Å²) in [7, 11) is 0. The van der Waals surface area contributed by atoms with E-state index in [0.29, 0.717) is 12.6 Å². The van der Waals surface area contributed by atoms with Gasteiger partial charge in [0.15, 0.2) is 0 Å². The van der Waals surface area contributed by atoms with Gasteiger partial charge in [-0.05, 0) is 71.4 Å². The summed E-state index contributed by atoms with van der Waals surface area (Å²) in [6, 6.07) is 0.468. The first-order valence-corrected chi connectivity index (χ1v) is 11.7. The molecule has 30 heavy (non-hydrogen) atoms. The van der Waals surface area contributed by atoms with E-state index < -0.39 is 0 Å². The van der Waals surface area contributed by atoms with Gasteiger partial charge in [0, 0.05) is 36.9 Å². The summed E-state index contributed by atoms with van der Waals surface area (Å²) >= 11 is 0. The maximum absolute atomic E-state index is 11.6. The average molecular weight is 424 g/mol. The summed E-state index contributed by atoms with van der Waals surface area (Å²) in [5, 5.41) is 16.9. The van der Waals surface area contributed by atoms with Crippen LogP contribution in [-0.2, 0) is 9.59 Å². The van der Waals surface area contributed by atoms with Gasteiger partial charge in [0.2, 0.25) is 0 Å². The third-order valence-corrected chi connectivity index (χ3v) is 5.90. The second-order valence-corrected chi connectivity index (χ2v) is 10.1. The van der Waals surface area contributed by atoms with Crippen LogP contribution in [0.1, 0.15) is 86.0 Å². The van der Waals surface area contributed by atoms with Gasteiger partial charge in [-0.15, -0.1) is 0 Å². The van der Waals surface area contributed by atoms with E-state index >= 15 is 0 Å². The summed E-state index contributed by atoms with van der Waals surface area (Å²) < 4.78 is 0. The van der Waals surface area contributed by atoms with Crippen LogP contribution in [0.3, 0.4) is 0 Å². The number of carbonyl (C=O) groups excluding carboxylic acids is 2. The Labute approximate surface area is 183 Å². The molecule has 1 aliphatic heterocycles. The molecule has 1 unspecified atom stereocenters. The van der Waals surface area contributed by atoms with Crippen LogP contribution in [0.4, 0.5) is 0 Å². The van der Waals surface area contributed by atoms with Crippen molar-refractivity contribution in [1.82, 2.24) is 15.5 Å². The molecule has 1 heterocycles. The van der Waals surface area contributed by atoms with Crippen LogP contribution >= 0.6 is 0 Å². The van der Waals surface area contributed by atoms with Gasteiger partial charge in [-0.3, -0.25) is 14.5 Å². The van der Waals surface area contributed by atoms with Crippen molar-refractivity contribution in [2.24, 2.45) is 5.41 Å². The van der Waals surface area contributed by atoms with Gasteiger partial charge in [0.05, 0.1) is 0 Å². The molecule has 1 rings (SSSR count). The van der Waals surface area contributed by atoms with Crippen LogP contribution in [0.25, 0.3) is 0 Å². The first-order chi connectivity index (χ1) is 14.1. The number of unbranched alkanes of at least 4 members (excludes halogenated alkanes) is 3. The van der Waals surface area contributed by atoms with Gasteiger partial charge < -0.3 is 15.7 Å². The zero-order valence-corrected chi connectivity index (χ0v) is 19.9. The zero-order valence-electron chi connectivity index (χ0n) is 19.9. The van der Waals surface area contributed by atoms with Crippen LogP contribution < -0.4 is 10.6 Å². The second kappa shape index (κ2) is 13.2. The number of carbonyl (C=O) groups is 2.